The fourth-order valence-electron chi connectivity index (χ4n) is 14.3. The Hall–Kier alpha value is 3.54. The van der Waals surface area contributed by atoms with Crippen molar-refractivity contribution in [2.75, 3.05) is 9.80 Å². The third-order valence-corrected chi connectivity index (χ3v) is 209. The van der Waals surface area contributed by atoms with Crippen molar-refractivity contribution in [3.63, 3.8) is 0 Å². The van der Waals surface area contributed by atoms with Crippen LogP contribution >= 0.6 is 241 Å². The molecule has 5 aliphatic rings. The lowest BCUT2D eigenvalue weighted by Crippen LogP contribution is -2.41. The molecule has 0 N–H and O–H groups in total. The second kappa shape index (κ2) is 41.1. The summed E-state index contributed by atoms with van der Waals surface area (Å²) in [6.07, 6.45) is 0. The van der Waals surface area contributed by atoms with Crippen LogP contribution in [0.3, 0.4) is 0 Å². The highest BCUT2D eigenvalue weighted by molar-refractivity contribution is 9.43. The van der Waals surface area contributed by atoms with Gasteiger partial charge in [-0.2, -0.15) is 0 Å². The Morgan fingerprint density at radius 2 is 0.629 bits per heavy atom. The standard InChI is InChI=1S/C34H25NO3S.C27H30BNO2.C13H7BrO3S.H30P28/c1-34(2)27-10-4-6-12-29(27)35(30-13-7-5-11-28(30)34)24-18-15-22(16-19-24)23-17-20-32-26(21-23)33(36)25-9-3-8-14-31(25)39(32,37)38;1-25(2)21-11-7-9-13-23(21)29(24-14-10-8-12-22(24)25)20-17-15-19(16-18-20)28-30-26(3,4)27(5,6)31-28;14-8-5-6-12-10(7-8)13(15)9-3-1-2-4-11(9)18(12,16)17;1-16(2)23(15)27(24(17(3)4)18(5)6)28(25(19(7)8)20(9)10)26(21(11)12)22(13)14/h3-21H,1-2H3;7-18H,1-6H3;1-7H;1-15H2. The van der Waals surface area contributed by atoms with E-state index in [1.54, 1.807) is 66.7 Å². The number of sulfone groups is 2. The molecule has 10 nitrogen and oxygen atoms in total. The molecule has 0 aromatic heterocycles. The number of para-hydroxylation sites is 4. The number of nitrogens with zero attached hydrogens (tertiary/aromatic N) is 2. The molecule has 10 aromatic carbocycles. The van der Waals surface area contributed by atoms with Crippen molar-refractivity contribution < 1.29 is 35.7 Å². The minimum absolute atomic E-state index is 0.00189. The van der Waals surface area contributed by atoms with Crippen LogP contribution in [0.25, 0.3) is 11.1 Å². The lowest BCUT2D eigenvalue weighted by Gasteiger charge is -2.51. The van der Waals surface area contributed by atoms with E-state index < -0.39 is 19.7 Å². The maximum Gasteiger partial charge on any atom is 0.494 e. The number of carbonyl (C=O) groups is 2. The van der Waals surface area contributed by atoms with Crippen LogP contribution in [0, 0.1) is 0 Å². The zero-order chi connectivity index (χ0) is 84.4. The van der Waals surface area contributed by atoms with Gasteiger partial charge in [-0.25, -0.2) is 16.8 Å². The first kappa shape index (κ1) is 98.6. The number of carbonyl (C=O) groups excluding carboxylic acids is 2. The molecule has 1 saturated heterocycles. The molecule has 0 spiro atoms. The fourth-order valence-corrected chi connectivity index (χ4v) is 370. The van der Waals surface area contributed by atoms with Crippen LogP contribution in [-0.4, -0.2) is 46.7 Å². The predicted molar refractivity (Wildman–Crippen MR) is 588 cm³/mol. The molecule has 42 heteroatoms. The van der Waals surface area contributed by atoms with Gasteiger partial charge in [0.05, 0.1) is 53.5 Å². The van der Waals surface area contributed by atoms with Crippen LogP contribution in [0.2, 0.25) is 0 Å². The average Bonchev–Trinajstić information content (AvgIpc) is 0.969. The van der Waals surface area contributed by atoms with E-state index in [0.717, 1.165) is 39.3 Å². The number of anilines is 6. The summed E-state index contributed by atoms with van der Waals surface area (Å²) in [7, 11) is 41.3. The fraction of sp³-hybridized carbons (Fsp3) is 0.162. The second-order valence-electron chi connectivity index (χ2n) is 29.0. The van der Waals surface area contributed by atoms with Crippen LogP contribution in [0.15, 0.2) is 255 Å². The number of hydrogen-bond acceptors (Lipinski definition) is 10. The van der Waals surface area contributed by atoms with E-state index in [0.29, 0.717) is 4.47 Å². The Balaban J connectivity index is 0.000000147. The van der Waals surface area contributed by atoms with Gasteiger partial charge in [0, 0.05) is 48.9 Å². The number of hydrogen-bond donors (Lipinski definition) is 0. The molecule has 17 atom stereocenters. The molecular weight excluding hydrogens is 2070 g/mol. The highest BCUT2D eigenvalue weighted by Crippen LogP contribution is 3.37. The van der Waals surface area contributed by atoms with Gasteiger partial charge in [0.25, 0.3) is 0 Å². The highest BCUT2D eigenvalue weighted by Gasteiger charge is 2.53. The molecule has 0 bridgehead atoms. The molecule has 116 heavy (non-hydrogen) atoms. The third kappa shape index (κ3) is 20.6. The molecule has 0 saturated carbocycles. The normalized spacial score (nSPS) is 17.2. The number of fused-ring (bicyclic) bond motifs is 8. The summed E-state index contributed by atoms with van der Waals surface area (Å²) in [4.78, 5) is 30.5. The Morgan fingerprint density at radius 1 is 0.328 bits per heavy atom. The summed E-state index contributed by atoms with van der Waals surface area (Å²) < 4.78 is 64.3. The van der Waals surface area contributed by atoms with E-state index in [1.165, 1.54) is 51.8 Å². The van der Waals surface area contributed by atoms with Gasteiger partial charge in [-0.3, -0.25) is 9.59 Å². The molecule has 17 unspecified atom stereocenters. The Labute approximate surface area is 744 Å². The molecule has 5 heterocycles. The molecular formula is C74H92BBrN2O8P28S2. The molecule has 0 radical (unpaired) electrons. The van der Waals surface area contributed by atoms with Gasteiger partial charge in [-0.05, 0) is 261 Å². The Bertz CT molecular complexity index is 5430. The van der Waals surface area contributed by atoms with Gasteiger partial charge < -0.3 is 19.1 Å². The van der Waals surface area contributed by atoms with E-state index in [9.17, 15) is 26.4 Å². The van der Waals surface area contributed by atoms with Crippen LogP contribution in [0.4, 0.5) is 34.1 Å². The largest absolute Gasteiger partial charge is 0.494 e. The van der Waals surface area contributed by atoms with E-state index in [-0.39, 0.29) is 173 Å². The van der Waals surface area contributed by atoms with Crippen LogP contribution < -0.4 is 15.3 Å². The van der Waals surface area contributed by atoms with E-state index in [4.69, 9.17) is 9.31 Å². The number of ketones is 2. The average molecular weight is 2160 g/mol. The van der Waals surface area contributed by atoms with Crippen LogP contribution in [0.5, 0.6) is 0 Å². The topological polar surface area (TPSA) is 127 Å². The first-order valence-corrected chi connectivity index (χ1v) is 89.4. The van der Waals surface area contributed by atoms with E-state index in [2.05, 4.69) is 349 Å². The molecule has 0 amide bonds. The SMILES string of the molecule is CC1(C)c2ccccc2N(c2ccc(-c3ccc4c(c3)C(=O)c3ccccc3S4(=O)=O)cc2)c2ccccc21.CC1(C)c2ccccc2N(c2ccc(B3OC(C)(C)C(C)(C)O3)cc2)c2ccccc21.O=C1c2ccccc2S(=O)(=O)c2ccc(Br)cc21.PP(P)P(P)P(P(P(P)P)P(P)P)P(P(P(P)P)P(P)P)P(P(P)P)P(P)P. The Kier molecular flexibility index (Phi) is 35.0. The second-order valence-corrected chi connectivity index (χ2v) is 146. The molecule has 608 valence electrons. The summed E-state index contributed by atoms with van der Waals surface area (Å²) in [5, 5.41) is 0. The highest BCUT2D eigenvalue weighted by atomic mass is 79.9. The van der Waals surface area contributed by atoms with Crippen molar-refractivity contribution in [3.8, 4) is 11.1 Å². The summed E-state index contributed by atoms with van der Waals surface area (Å²) in [6, 6.07) is 73.6. The summed E-state index contributed by atoms with van der Waals surface area (Å²) in [6.45, 7) is 17.5. The molecule has 1 fully saturated rings. The first-order valence-electron chi connectivity index (χ1n) is 35.4. The monoisotopic (exact) mass is 2160 g/mol. The maximum atomic E-state index is 13.3. The quantitative estimate of drug-likeness (QED) is 0.0681. The number of benzene rings is 10. The van der Waals surface area contributed by atoms with Gasteiger partial charge in [-0.1, -0.05) is 171 Å². The molecule has 15 rings (SSSR count). The van der Waals surface area contributed by atoms with Crippen LogP contribution in [-0.2, 0) is 39.8 Å². The lowest BCUT2D eigenvalue weighted by atomic mass is 9.73. The van der Waals surface area contributed by atoms with Crippen molar-refractivity contribution >= 4 is 319 Å². The van der Waals surface area contributed by atoms with Gasteiger partial charge >= 0.3 is 7.12 Å². The van der Waals surface area contributed by atoms with Gasteiger partial charge in [0.2, 0.25) is 19.7 Å². The van der Waals surface area contributed by atoms with Gasteiger partial charge in [0.1, 0.15) is 0 Å². The summed E-state index contributed by atoms with van der Waals surface area (Å²) >= 11 is 3.25. The van der Waals surface area contributed by atoms with Crippen molar-refractivity contribution in [2.24, 2.45) is 0 Å². The maximum absolute atomic E-state index is 13.3. The summed E-state index contributed by atoms with van der Waals surface area (Å²) in [5.41, 5.74) is 14.9. The van der Waals surface area contributed by atoms with Crippen molar-refractivity contribution in [1.29, 1.82) is 0 Å². The third-order valence-electron chi connectivity index (χ3n) is 20.5. The zero-order valence-corrected chi connectivity index (χ0v) is 96.5. The van der Waals surface area contributed by atoms with Gasteiger partial charge in [-0.15, -0.1) is 134 Å². The number of rotatable bonds is 16. The predicted octanol–water partition coefficient (Wildman–Crippen LogP) is 32.8. The van der Waals surface area contributed by atoms with Gasteiger partial charge in [0.15, 0.2) is 11.6 Å². The Morgan fingerprint density at radius 3 is 0.991 bits per heavy atom. The van der Waals surface area contributed by atoms with Crippen molar-refractivity contribution in [2.45, 2.75) is 97.0 Å². The van der Waals surface area contributed by atoms with Crippen molar-refractivity contribution in [1.82, 2.24) is 0 Å². The smallest absolute Gasteiger partial charge is 0.399 e. The summed E-state index contributed by atoms with van der Waals surface area (Å²) in [5.74, 6) is -0.519. The minimum Gasteiger partial charge on any atom is -0.399 e. The number of halogens is 1. The minimum atomic E-state index is -3.75. The molecule has 0 aliphatic carbocycles. The lowest BCUT2D eigenvalue weighted by molar-refractivity contribution is 0.00578. The molecule has 10 aromatic rings. The zero-order valence-electron chi connectivity index (χ0n) is 64.3. The van der Waals surface area contributed by atoms with E-state index >= 15 is 0 Å². The molecule has 5 aliphatic heterocycles. The van der Waals surface area contributed by atoms with Crippen molar-refractivity contribution in [3.05, 3.63) is 280 Å². The van der Waals surface area contributed by atoms with E-state index in [1.807, 2.05) is 12.1 Å². The first-order chi connectivity index (χ1) is 54.6. The van der Waals surface area contributed by atoms with Crippen LogP contribution in [0.1, 0.15) is 109 Å².